The zero-order valence-corrected chi connectivity index (χ0v) is 7.45. The third-order valence-corrected chi connectivity index (χ3v) is 1.67. The van der Waals surface area contributed by atoms with Crippen molar-refractivity contribution in [2.45, 2.75) is 20.4 Å². The number of hydroxylamine groups is 1. The van der Waals surface area contributed by atoms with Gasteiger partial charge in [-0.15, -0.1) is 0 Å². The molecule has 0 heterocycles. The highest BCUT2D eigenvalue weighted by Gasteiger charge is 1.97. The molecule has 2 nitrogen and oxygen atoms in total. The standard InChI is InChI=1S/C10H13NO/c1-9(2)11(12)8-10-6-4-3-5-7-10/h3-7H,8H2,1-2H3. The van der Waals surface area contributed by atoms with E-state index in [9.17, 15) is 5.21 Å². The highest BCUT2D eigenvalue weighted by atomic mass is 16.5. The highest BCUT2D eigenvalue weighted by Crippen LogP contribution is 1.99. The van der Waals surface area contributed by atoms with Crippen LogP contribution in [-0.2, 0) is 6.54 Å². The van der Waals surface area contributed by atoms with E-state index >= 15 is 0 Å². The fourth-order valence-corrected chi connectivity index (χ4v) is 0.907. The quantitative estimate of drug-likeness (QED) is 0.284. The summed E-state index contributed by atoms with van der Waals surface area (Å²) in [6.45, 7) is 4.08. The molecule has 0 saturated carbocycles. The van der Waals surface area contributed by atoms with Crippen molar-refractivity contribution in [2.24, 2.45) is 0 Å². The summed E-state index contributed by atoms with van der Waals surface area (Å²) in [4.78, 5) is 0. The molecule has 0 aliphatic carbocycles. The van der Waals surface area contributed by atoms with E-state index in [-0.39, 0.29) is 0 Å². The molecule has 1 rings (SSSR count). The van der Waals surface area contributed by atoms with Crippen molar-refractivity contribution in [3.05, 3.63) is 41.1 Å². The third kappa shape index (κ3) is 2.38. The van der Waals surface area contributed by atoms with Crippen LogP contribution in [0.1, 0.15) is 19.4 Å². The average molecular weight is 163 g/mol. The molecule has 2 heteroatoms. The van der Waals surface area contributed by atoms with Crippen LogP contribution in [0.5, 0.6) is 0 Å². The lowest BCUT2D eigenvalue weighted by atomic mass is 10.2. The maximum Gasteiger partial charge on any atom is 0.178 e. The van der Waals surface area contributed by atoms with E-state index < -0.39 is 0 Å². The number of hydrogen-bond acceptors (Lipinski definition) is 1. The summed E-state index contributed by atoms with van der Waals surface area (Å²) in [5.74, 6) is 0. The van der Waals surface area contributed by atoms with Gasteiger partial charge in [0, 0.05) is 19.4 Å². The van der Waals surface area contributed by atoms with Crippen LogP contribution in [0.15, 0.2) is 30.3 Å². The summed E-state index contributed by atoms with van der Waals surface area (Å²) in [7, 11) is 0. The Labute approximate surface area is 72.7 Å². The monoisotopic (exact) mass is 163 g/mol. The fraction of sp³-hybridized carbons (Fsp3) is 0.300. The van der Waals surface area contributed by atoms with E-state index in [0.717, 1.165) is 16.0 Å². The second-order valence-corrected chi connectivity index (χ2v) is 2.97. The normalized spacial score (nSPS) is 9.50. The number of hydrogen-bond donors (Lipinski definition) is 0. The summed E-state index contributed by atoms with van der Waals surface area (Å²) >= 11 is 0. The Bertz CT molecular complexity index is 273. The van der Waals surface area contributed by atoms with Gasteiger partial charge in [-0.2, -0.15) is 0 Å². The maximum atomic E-state index is 11.2. The molecular weight excluding hydrogens is 150 g/mol. The second kappa shape index (κ2) is 3.90. The Morgan fingerprint density at radius 1 is 1.25 bits per heavy atom. The van der Waals surface area contributed by atoms with Crippen LogP contribution in [0.25, 0.3) is 0 Å². The molecule has 0 fully saturated rings. The van der Waals surface area contributed by atoms with Crippen LogP contribution in [0.4, 0.5) is 0 Å². The fourth-order valence-electron chi connectivity index (χ4n) is 0.907. The molecule has 12 heavy (non-hydrogen) atoms. The molecule has 0 N–H and O–H groups in total. The van der Waals surface area contributed by atoms with Crippen molar-refractivity contribution in [3.63, 3.8) is 0 Å². The van der Waals surface area contributed by atoms with Gasteiger partial charge in [0.05, 0.1) is 0 Å². The third-order valence-electron chi connectivity index (χ3n) is 1.67. The van der Waals surface area contributed by atoms with Gasteiger partial charge >= 0.3 is 0 Å². The molecular formula is C10H13NO. The van der Waals surface area contributed by atoms with E-state index in [2.05, 4.69) is 0 Å². The van der Waals surface area contributed by atoms with Gasteiger partial charge in [0.25, 0.3) is 0 Å². The van der Waals surface area contributed by atoms with Crippen molar-refractivity contribution in [1.29, 1.82) is 0 Å². The van der Waals surface area contributed by atoms with Crippen LogP contribution in [0.2, 0.25) is 0 Å². The minimum absolute atomic E-state index is 0.448. The predicted molar refractivity (Wildman–Crippen MR) is 50.1 cm³/mol. The molecule has 0 saturated heterocycles. The lowest BCUT2D eigenvalue weighted by Crippen LogP contribution is -2.09. The Morgan fingerprint density at radius 3 is 2.33 bits per heavy atom. The van der Waals surface area contributed by atoms with Gasteiger partial charge < -0.3 is 5.21 Å². The van der Waals surface area contributed by atoms with Crippen LogP contribution in [0, 0.1) is 5.21 Å². The van der Waals surface area contributed by atoms with E-state index in [4.69, 9.17) is 0 Å². The molecule has 0 aromatic heterocycles. The minimum atomic E-state index is 0.448. The first-order valence-corrected chi connectivity index (χ1v) is 3.99. The van der Waals surface area contributed by atoms with Gasteiger partial charge in [-0.05, 0) is 0 Å². The van der Waals surface area contributed by atoms with Gasteiger partial charge in [0.1, 0.15) is 0 Å². The molecule has 0 unspecified atom stereocenters. The van der Waals surface area contributed by atoms with Crippen molar-refractivity contribution in [2.75, 3.05) is 0 Å². The number of rotatable bonds is 2. The average Bonchev–Trinajstić information content (AvgIpc) is 2.06. The summed E-state index contributed by atoms with van der Waals surface area (Å²) in [5.41, 5.74) is 1.84. The van der Waals surface area contributed by atoms with Crippen LogP contribution >= 0.6 is 0 Å². The highest BCUT2D eigenvalue weighted by molar-refractivity contribution is 5.73. The van der Waals surface area contributed by atoms with Crippen molar-refractivity contribution < 1.29 is 4.74 Å². The summed E-state index contributed by atoms with van der Waals surface area (Å²) in [5, 5.41) is 11.2. The first-order valence-electron chi connectivity index (χ1n) is 3.99. The molecule has 0 aliphatic heterocycles. The molecule has 0 radical (unpaired) electrons. The van der Waals surface area contributed by atoms with Crippen LogP contribution in [0.3, 0.4) is 0 Å². The van der Waals surface area contributed by atoms with Gasteiger partial charge in [0.2, 0.25) is 0 Å². The first-order chi connectivity index (χ1) is 5.70. The molecule has 0 bridgehead atoms. The van der Waals surface area contributed by atoms with E-state index in [1.807, 2.05) is 44.2 Å². The number of nitrogens with zero attached hydrogens (tertiary/aromatic N) is 1. The molecule has 64 valence electrons. The topological polar surface area (TPSA) is 26.1 Å². The molecule has 1 aromatic carbocycles. The lowest BCUT2D eigenvalue weighted by molar-refractivity contribution is -0.475. The van der Waals surface area contributed by atoms with Gasteiger partial charge in [-0.1, -0.05) is 30.3 Å². The molecule has 0 atom stereocenters. The largest absolute Gasteiger partial charge is 0.624 e. The van der Waals surface area contributed by atoms with Gasteiger partial charge in [-0.25, -0.2) is 4.74 Å². The number of benzene rings is 1. The van der Waals surface area contributed by atoms with Crippen molar-refractivity contribution >= 4 is 5.71 Å². The maximum absolute atomic E-state index is 11.2. The predicted octanol–water partition coefficient (Wildman–Crippen LogP) is 2.18. The zero-order chi connectivity index (χ0) is 8.97. The van der Waals surface area contributed by atoms with Crippen molar-refractivity contribution in [1.82, 2.24) is 0 Å². The van der Waals surface area contributed by atoms with Gasteiger partial charge in [0.15, 0.2) is 12.3 Å². The van der Waals surface area contributed by atoms with Gasteiger partial charge in [-0.3, -0.25) is 0 Å². The van der Waals surface area contributed by atoms with E-state index in [1.54, 1.807) is 0 Å². The smallest absolute Gasteiger partial charge is 0.178 e. The van der Waals surface area contributed by atoms with Crippen LogP contribution < -0.4 is 0 Å². The summed E-state index contributed by atoms with van der Waals surface area (Å²) in [6.07, 6.45) is 0. The zero-order valence-electron chi connectivity index (χ0n) is 7.45. The Kier molecular flexibility index (Phi) is 2.86. The summed E-state index contributed by atoms with van der Waals surface area (Å²) in [6, 6.07) is 9.73. The Hall–Kier alpha value is -1.31. The van der Waals surface area contributed by atoms with Crippen molar-refractivity contribution in [3.8, 4) is 0 Å². The molecule has 0 spiro atoms. The summed E-state index contributed by atoms with van der Waals surface area (Å²) < 4.78 is 0.995. The molecule has 0 amide bonds. The molecule has 0 aliphatic rings. The molecule has 1 aromatic rings. The van der Waals surface area contributed by atoms with E-state index in [1.165, 1.54) is 0 Å². The Balaban J connectivity index is 2.72. The second-order valence-electron chi connectivity index (χ2n) is 2.97. The SMILES string of the molecule is CC(C)=[N+]([O-])Cc1ccccc1. The Morgan fingerprint density at radius 2 is 1.83 bits per heavy atom. The lowest BCUT2D eigenvalue weighted by Gasteiger charge is -2.05. The van der Waals surface area contributed by atoms with E-state index in [0.29, 0.717) is 6.54 Å². The first kappa shape index (κ1) is 8.78. The van der Waals surface area contributed by atoms with Crippen LogP contribution in [-0.4, -0.2) is 10.5 Å². The minimum Gasteiger partial charge on any atom is -0.624 e.